The number of anilines is 1. The number of piperidine rings is 1. The summed E-state index contributed by atoms with van der Waals surface area (Å²) in [5.74, 6) is 0.954. The molecule has 2 heterocycles. The zero-order valence-corrected chi connectivity index (χ0v) is 17.7. The van der Waals surface area contributed by atoms with Crippen LogP contribution in [0.3, 0.4) is 0 Å². The Kier molecular flexibility index (Phi) is 6.41. The topological polar surface area (TPSA) is 45.9 Å². The van der Waals surface area contributed by atoms with E-state index in [0.29, 0.717) is 5.76 Å². The van der Waals surface area contributed by atoms with Gasteiger partial charge in [0.15, 0.2) is 5.76 Å². The monoisotopic (exact) mass is 424 g/mol. The molecule has 156 valence electrons. The number of methoxy groups -OCH3 is 1. The Hall–Kier alpha value is -2.76. The molecule has 1 aliphatic heterocycles. The fourth-order valence-electron chi connectivity index (χ4n) is 3.96. The van der Waals surface area contributed by atoms with Crippen molar-refractivity contribution < 1.29 is 13.9 Å². The van der Waals surface area contributed by atoms with Crippen molar-refractivity contribution in [2.45, 2.75) is 25.4 Å². The van der Waals surface area contributed by atoms with Crippen molar-refractivity contribution in [3.05, 3.63) is 83.3 Å². The van der Waals surface area contributed by atoms with Crippen LogP contribution < -0.4 is 9.64 Å². The second-order valence-corrected chi connectivity index (χ2v) is 7.92. The van der Waals surface area contributed by atoms with E-state index in [1.165, 1.54) is 11.8 Å². The van der Waals surface area contributed by atoms with Crippen LogP contribution in [0.1, 0.15) is 29.0 Å². The average molecular weight is 425 g/mol. The first-order valence-corrected chi connectivity index (χ1v) is 10.5. The first kappa shape index (κ1) is 20.5. The van der Waals surface area contributed by atoms with Gasteiger partial charge >= 0.3 is 0 Å². The van der Waals surface area contributed by atoms with Gasteiger partial charge in [0.1, 0.15) is 5.75 Å². The summed E-state index contributed by atoms with van der Waals surface area (Å²) in [4.78, 5) is 17.6. The van der Waals surface area contributed by atoms with Gasteiger partial charge in [0.25, 0.3) is 5.91 Å². The SMILES string of the molecule is COc1cccc(N(C(=O)c2ccco2)C2CCN(Cc3ccc(Cl)cc3)CC2)c1. The molecule has 4 rings (SSSR count). The van der Waals surface area contributed by atoms with E-state index in [9.17, 15) is 4.79 Å². The first-order valence-electron chi connectivity index (χ1n) is 10.1. The smallest absolute Gasteiger partial charge is 0.294 e. The van der Waals surface area contributed by atoms with Gasteiger partial charge in [-0.2, -0.15) is 0 Å². The highest BCUT2D eigenvalue weighted by molar-refractivity contribution is 6.30. The molecule has 5 nitrogen and oxygen atoms in total. The number of likely N-dealkylation sites (tertiary alicyclic amines) is 1. The van der Waals surface area contributed by atoms with Crippen LogP contribution in [0.2, 0.25) is 5.02 Å². The van der Waals surface area contributed by atoms with E-state index >= 15 is 0 Å². The number of ether oxygens (including phenoxy) is 1. The van der Waals surface area contributed by atoms with Crippen LogP contribution in [0.5, 0.6) is 5.75 Å². The van der Waals surface area contributed by atoms with E-state index in [4.69, 9.17) is 20.8 Å². The standard InChI is InChI=1S/C24H25ClN2O3/c1-29-22-5-2-4-21(16-22)27(24(28)23-6-3-15-30-23)20-11-13-26(14-12-20)17-18-7-9-19(25)10-8-18/h2-10,15-16,20H,11-14,17H2,1H3. The predicted molar refractivity (Wildman–Crippen MR) is 118 cm³/mol. The number of halogens is 1. The summed E-state index contributed by atoms with van der Waals surface area (Å²) in [5.41, 5.74) is 2.07. The van der Waals surface area contributed by atoms with Gasteiger partial charge in [-0.15, -0.1) is 0 Å². The fraction of sp³-hybridized carbons (Fsp3) is 0.292. The third-order valence-electron chi connectivity index (χ3n) is 5.52. The lowest BCUT2D eigenvalue weighted by Crippen LogP contribution is -2.47. The van der Waals surface area contributed by atoms with Crippen molar-refractivity contribution in [2.24, 2.45) is 0 Å². The van der Waals surface area contributed by atoms with Gasteiger partial charge in [-0.1, -0.05) is 29.8 Å². The predicted octanol–water partition coefficient (Wildman–Crippen LogP) is 5.25. The number of hydrogen-bond acceptors (Lipinski definition) is 4. The molecule has 1 amide bonds. The molecular formula is C24H25ClN2O3. The maximum absolute atomic E-state index is 13.3. The van der Waals surface area contributed by atoms with E-state index < -0.39 is 0 Å². The highest BCUT2D eigenvalue weighted by Crippen LogP contribution is 2.29. The molecule has 6 heteroatoms. The van der Waals surface area contributed by atoms with Crippen molar-refractivity contribution in [2.75, 3.05) is 25.1 Å². The largest absolute Gasteiger partial charge is 0.497 e. The van der Waals surface area contributed by atoms with Gasteiger partial charge in [-0.3, -0.25) is 9.69 Å². The average Bonchev–Trinajstić information content (AvgIpc) is 3.32. The lowest BCUT2D eigenvalue weighted by Gasteiger charge is -2.38. The van der Waals surface area contributed by atoms with Gasteiger partial charge in [0.2, 0.25) is 0 Å². The number of benzene rings is 2. The zero-order valence-electron chi connectivity index (χ0n) is 17.0. The molecule has 30 heavy (non-hydrogen) atoms. The van der Waals surface area contributed by atoms with Crippen molar-refractivity contribution in [3.63, 3.8) is 0 Å². The van der Waals surface area contributed by atoms with Gasteiger partial charge in [-0.05, 0) is 54.8 Å². The Morgan fingerprint density at radius 3 is 2.57 bits per heavy atom. The number of furan rings is 1. The molecule has 1 aromatic heterocycles. The summed E-state index contributed by atoms with van der Waals surface area (Å²) >= 11 is 5.99. The fourth-order valence-corrected chi connectivity index (χ4v) is 4.08. The first-order chi connectivity index (χ1) is 14.6. The maximum atomic E-state index is 13.3. The van der Waals surface area contributed by atoms with Crippen LogP contribution in [0.4, 0.5) is 5.69 Å². The van der Waals surface area contributed by atoms with Crippen LogP contribution in [-0.4, -0.2) is 37.0 Å². The second kappa shape index (κ2) is 9.37. The Bertz CT molecular complexity index is 964. The third kappa shape index (κ3) is 4.69. The van der Waals surface area contributed by atoms with Crippen LogP contribution in [0.15, 0.2) is 71.3 Å². The molecule has 0 spiro atoms. The summed E-state index contributed by atoms with van der Waals surface area (Å²) in [7, 11) is 1.63. The Balaban J connectivity index is 1.50. The number of carbonyl (C=O) groups excluding carboxylic acids is 1. The molecule has 1 fully saturated rings. The molecular weight excluding hydrogens is 400 g/mol. The highest BCUT2D eigenvalue weighted by Gasteiger charge is 2.31. The number of hydrogen-bond donors (Lipinski definition) is 0. The summed E-state index contributed by atoms with van der Waals surface area (Å²) in [6.07, 6.45) is 3.31. The number of carbonyl (C=O) groups is 1. The normalized spacial score (nSPS) is 15.1. The Morgan fingerprint density at radius 1 is 1.13 bits per heavy atom. The minimum Gasteiger partial charge on any atom is -0.497 e. The van der Waals surface area contributed by atoms with Crippen molar-refractivity contribution in [3.8, 4) is 5.75 Å². The Morgan fingerprint density at radius 2 is 1.90 bits per heavy atom. The second-order valence-electron chi connectivity index (χ2n) is 7.49. The minimum atomic E-state index is -0.121. The van der Waals surface area contributed by atoms with E-state index in [1.54, 1.807) is 19.2 Å². The van der Waals surface area contributed by atoms with Crippen LogP contribution >= 0.6 is 11.6 Å². The van der Waals surface area contributed by atoms with Crippen molar-refractivity contribution in [1.82, 2.24) is 4.90 Å². The highest BCUT2D eigenvalue weighted by atomic mass is 35.5. The van der Waals surface area contributed by atoms with Crippen LogP contribution in [-0.2, 0) is 6.54 Å². The van der Waals surface area contributed by atoms with Gasteiger partial charge in [0.05, 0.1) is 13.4 Å². The van der Waals surface area contributed by atoms with Gasteiger partial charge < -0.3 is 14.1 Å². The molecule has 1 aliphatic rings. The molecule has 0 atom stereocenters. The molecule has 2 aromatic carbocycles. The molecule has 0 aliphatic carbocycles. The van der Waals surface area contributed by atoms with Gasteiger partial charge in [0, 0.05) is 42.5 Å². The maximum Gasteiger partial charge on any atom is 0.294 e. The Labute approximate surface area is 181 Å². The van der Waals surface area contributed by atoms with Crippen LogP contribution in [0.25, 0.3) is 0 Å². The summed E-state index contributed by atoms with van der Waals surface area (Å²) in [5, 5.41) is 0.753. The molecule has 0 radical (unpaired) electrons. The quantitative estimate of drug-likeness (QED) is 0.542. The lowest BCUT2D eigenvalue weighted by atomic mass is 10.0. The van der Waals surface area contributed by atoms with Gasteiger partial charge in [-0.25, -0.2) is 0 Å². The van der Waals surface area contributed by atoms with E-state index in [-0.39, 0.29) is 11.9 Å². The molecule has 0 unspecified atom stereocenters. The zero-order chi connectivity index (χ0) is 20.9. The molecule has 3 aromatic rings. The number of rotatable bonds is 6. The minimum absolute atomic E-state index is 0.0937. The molecule has 0 bridgehead atoms. The summed E-state index contributed by atoms with van der Waals surface area (Å²) in [6, 6.07) is 19.2. The van der Waals surface area contributed by atoms with E-state index in [1.807, 2.05) is 41.3 Å². The number of nitrogens with zero attached hydrogens (tertiary/aromatic N) is 2. The third-order valence-corrected chi connectivity index (χ3v) is 5.78. The van der Waals surface area contributed by atoms with Crippen LogP contribution in [0, 0.1) is 0 Å². The molecule has 0 saturated carbocycles. The lowest BCUT2D eigenvalue weighted by molar-refractivity contribution is 0.0931. The molecule has 1 saturated heterocycles. The van der Waals surface area contributed by atoms with Crippen molar-refractivity contribution in [1.29, 1.82) is 0 Å². The summed E-state index contributed by atoms with van der Waals surface area (Å²) < 4.78 is 10.8. The van der Waals surface area contributed by atoms with E-state index in [0.717, 1.165) is 48.9 Å². The summed E-state index contributed by atoms with van der Waals surface area (Å²) in [6.45, 7) is 2.72. The number of amides is 1. The van der Waals surface area contributed by atoms with E-state index in [2.05, 4.69) is 17.0 Å². The van der Waals surface area contributed by atoms with Crippen molar-refractivity contribution >= 4 is 23.2 Å². The molecule has 0 N–H and O–H groups in total.